The molecular formula is C40H31BrO2P2. The van der Waals surface area contributed by atoms with Crippen LogP contribution in [-0.4, -0.2) is 22.5 Å². The minimum absolute atomic E-state index is 0.0870. The summed E-state index contributed by atoms with van der Waals surface area (Å²) in [6, 6.07) is 60.8. The van der Waals surface area contributed by atoms with E-state index in [0.29, 0.717) is 5.29 Å². The molecule has 5 heteroatoms. The van der Waals surface area contributed by atoms with E-state index in [9.17, 15) is 0 Å². The van der Waals surface area contributed by atoms with Crippen molar-refractivity contribution in [2.75, 3.05) is 0 Å². The van der Waals surface area contributed by atoms with Crippen molar-refractivity contribution in [3.05, 3.63) is 182 Å². The molecule has 1 fully saturated rings. The molecule has 220 valence electrons. The van der Waals surface area contributed by atoms with E-state index in [1.165, 1.54) is 0 Å². The van der Waals surface area contributed by atoms with Crippen molar-refractivity contribution in [3.8, 4) is 0 Å². The van der Waals surface area contributed by atoms with Crippen molar-refractivity contribution in [3.63, 3.8) is 0 Å². The zero-order chi connectivity index (χ0) is 30.9. The Bertz CT molecular complexity index is 1830. The van der Waals surface area contributed by atoms with E-state index in [-0.39, 0.29) is 11.6 Å². The molecule has 0 spiro atoms. The maximum atomic E-state index is 15.5. The van der Waals surface area contributed by atoms with Crippen LogP contribution < -0.4 is 31.8 Å². The number of hydrogen-bond acceptors (Lipinski definition) is 2. The third-order valence-electron chi connectivity index (χ3n) is 9.00. The van der Waals surface area contributed by atoms with Gasteiger partial charge in [0.05, 0.1) is 0 Å². The van der Waals surface area contributed by atoms with Gasteiger partial charge in [0, 0.05) is 0 Å². The minimum atomic E-state index is -3.92. The van der Waals surface area contributed by atoms with Gasteiger partial charge in [0.1, 0.15) is 0 Å². The summed E-state index contributed by atoms with van der Waals surface area (Å²) < 4.78 is 0. The first kappa shape index (κ1) is 29.6. The summed E-state index contributed by atoms with van der Waals surface area (Å²) in [5.74, 6) is -0.174. The summed E-state index contributed by atoms with van der Waals surface area (Å²) in [6.07, 6.45) is 0. The average Bonchev–Trinajstić information content (AvgIpc) is 3.13. The van der Waals surface area contributed by atoms with Gasteiger partial charge < -0.3 is 0 Å². The molecule has 0 atom stereocenters. The van der Waals surface area contributed by atoms with Crippen LogP contribution >= 0.6 is 27.7 Å². The summed E-state index contributed by atoms with van der Waals surface area (Å²) in [7, 11) is 0. The van der Waals surface area contributed by atoms with Crippen LogP contribution in [0.3, 0.4) is 0 Å². The molecule has 0 saturated heterocycles. The van der Waals surface area contributed by atoms with E-state index in [0.717, 1.165) is 31.8 Å². The van der Waals surface area contributed by atoms with Crippen LogP contribution in [-0.2, 0) is 9.59 Å². The molecule has 0 N–H and O–H groups in total. The Morgan fingerprint density at radius 2 is 0.644 bits per heavy atom. The summed E-state index contributed by atoms with van der Waals surface area (Å²) in [5, 5.41) is 2.33. The Kier molecular flexibility index (Phi) is 7.66. The van der Waals surface area contributed by atoms with Crippen molar-refractivity contribution in [1.82, 2.24) is 0 Å². The Balaban J connectivity index is 1.63. The van der Waals surface area contributed by atoms with Crippen LogP contribution in [0.2, 0.25) is 0 Å². The monoisotopic (exact) mass is 684 g/mol. The van der Waals surface area contributed by atoms with Gasteiger partial charge in [-0.2, -0.15) is 0 Å². The third kappa shape index (κ3) is 4.26. The molecule has 0 bridgehead atoms. The van der Waals surface area contributed by atoms with Gasteiger partial charge in [0.15, 0.2) is 0 Å². The summed E-state index contributed by atoms with van der Waals surface area (Å²) in [6.45, 7) is -2.86. The first-order chi connectivity index (χ1) is 22.0. The Hall–Kier alpha value is -4.13. The molecule has 0 unspecified atom stereocenters. The SMILES string of the molecule is O=C1C(=P(c2ccccc2)(c2ccccc2)c2ccccc2)C(=O)C1P(Br)(c1ccccc1)(c1ccccc1)c1ccccc1. The zero-order valence-electron chi connectivity index (χ0n) is 24.5. The van der Waals surface area contributed by atoms with Crippen molar-refractivity contribution in [2.24, 2.45) is 0 Å². The van der Waals surface area contributed by atoms with E-state index in [1.54, 1.807) is 0 Å². The first-order valence-electron chi connectivity index (χ1n) is 14.9. The topological polar surface area (TPSA) is 34.1 Å². The van der Waals surface area contributed by atoms with Gasteiger partial charge in [0.25, 0.3) is 0 Å². The number of benzene rings is 6. The quantitative estimate of drug-likeness (QED) is 0.142. The molecular weight excluding hydrogens is 654 g/mol. The number of halogens is 1. The molecule has 0 heterocycles. The second-order valence-corrected chi connectivity index (χ2v) is 23.2. The van der Waals surface area contributed by atoms with E-state index in [4.69, 9.17) is 0 Å². The number of rotatable bonds is 7. The number of hydrogen-bond donors (Lipinski definition) is 0. The fraction of sp³-hybridized carbons (Fsp3) is 0.0250. The number of carbonyl (C=O) groups excluding carboxylic acids is 2. The van der Waals surface area contributed by atoms with E-state index in [1.807, 2.05) is 109 Å². The second kappa shape index (κ2) is 11.7. The van der Waals surface area contributed by atoms with Crippen molar-refractivity contribution in [2.45, 2.75) is 5.66 Å². The standard InChI is InChI=1S/C40H31BrO2P2/c41-45(34-25-13-4-14-26-34,35-27-15-5-16-28-35,36-29-17-6-18-30-36)40-37(42)39(38(40)43)44(31-19-7-1-8-20-31,32-21-9-2-10-22-32)33-23-11-3-12-24-33/h1-30,40H. The van der Waals surface area contributed by atoms with Gasteiger partial charge in [-0.1, -0.05) is 0 Å². The molecule has 2 nitrogen and oxygen atoms in total. The number of ketones is 2. The van der Waals surface area contributed by atoms with Crippen LogP contribution in [0.25, 0.3) is 0 Å². The molecule has 0 aromatic heterocycles. The van der Waals surface area contributed by atoms with Crippen molar-refractivity contribution >= 4 is 76.4 Å². The van der Waals surface area contributed by atoms with Gasteiger partial charge in [-0.05, 0) is 0 Å². The van der Waals surface area contributed by atoms with Crippen LogP contribution in [0.15, 0.2) is 182 Å². The first-order valence-corrected chi connectivity index (χ1v) is 21.1. The van der Waals surface area contributed by atoms with Crippen LogP contribution in [0, 0.1) is 0 Å². The average molecular weight is 686 g/mol. The van der Waals surface area contributed by atoms with Gasteiger partial charge >= 0.3 is 274 Å². The predicted octanol–water partition coefficient (Wildman–Crippen LogP) is 6.51. The maximum absolute atomic E-state index is 15.5. The molecule has 6 aromatic carbocycles. The second-order valence-electron chi connectivity index (χ2n) is 11.2. The molecule has 7 rings (SSSR count). The molecule has 1 aliphatic carbocycles. The van der Waals surface area contributed by atoms with Crippen LogP contribution in [0.5, 0.6) is 0 Å². The summed E-state index contributed by atoms with van der Waals surface area (Å²) in [5.41, 5.74) is -0.922. The van der Waals surface area contributed by atoms with E-state index in [2.05, 4.69) is 88.3 Å². The van der Waals surface area contributed by atoms with Gasteiger partial charge in [0.2, 0.25) is 0 Å². The van der Waals surface area contributed by atoms with Crippen LogP contribution in [0.1, 0.15) is 0 Å². The molecule has 1 aliphatic rings. The number of carbonyl (C=O) groups is 2. The number of Topliss-reactive ketones (excluding diaryl/α,β-unsaturated/α-hetero) is 2. The normalized spacial score (nSPS) is 14.8. The molecule has 0 amide bonds. The molecule has 0 aliphatic heterocycles. The Labute approximate surface area is 272 Å². The van der Waals surface area contributed by atoms with Gasteiger partial charge in [-0.3, -0.25) is 0 Å². The van der Waals surface area contributed by atoms with Crippen molar-refractivity contribution < 1.29 is 9.59 Å². The Morgan fingerprint density at radius 1 is 0.400 bits per heavy atom. The predicted molar refractivity (Wildman–Crippen MR) is 198 cm³/mol. The van der Waals surface area contributed by atoms with Gasteiger partial charge in [-0.25, -0.2) is 0 Å². The third-order valence-corrected chi connectivity index (χ3v) is 23.6. The van der Waals surface area contributed by atoms with Crippen molar-refractivity contribution in [1.29, 1.82) is 0 Å². The van der Waals surface area contributed by atoms with Gasteiger partial charge in [-0.15, -0.1) is 0 Å². The molecule has 45 heavy (non-hydrogen) atoms. The van der Waals surface area contributed by atoms with E-state index < -0.39 is 17.9 Å². The molecule has 1 saturated carbocycles. The molecule has 0 radical (unpaired) electrons. The summed E-state index contributed by atoms with van der Waals surface area (Å²) in [4.78, 5) is 31.0. The zero-order valence-corrected chi connectivity index (χ0v) is 27.9. The van der Waals surface area contributed by atoms with E-state index >= 15 is 9.59 Å². The summed E-state index contributed by atoms with van der Waals surface area (Å²) >= 11 is 4.43. The van der Waals surface area contributed by atoms with Crippen LogP contribution in [0.4, 0.5) is 0 Å². The molecule has 6 aromatic rings. The fourth-order valence-corrected chi connectivity index (χ4v) is 20.1. The fourth-order valence-electron chi connectivity index (χ4n) is 7.03. The Morgan fingerprint density at radius 3 is 0.911 bits per heavy atom.